The fourth-order valence-electron chi connectivity index (χ4n) is 1.62. The molecule has 0 radical (unpaired) electrons. The molecule has 0 bridgehead atoms. The number of rotatable bonds is 5. The average Bonchev–Trinajstić information content (AvgIpc) is 2.68. The molecule has 0 aliphatic carbocycles. The van der Waals surface area contributed by atoms with E-state index in [4.69, 9.17) is 10.5 Å². The van der Waals surface area contributed by atoms with Crippen LogP contribution in [0.25, 0.3) is 0 Å². The van der Waals surface area contributed by atoms with Gasteiger partial charge in [-0.1, -0.05) is 32.6 Å². The van der Waals surface area contributed by atoms with Crippen molar-refractivity contribution < 1.29 is 19.6 Å². The number of benzene rings is 1. The van der Waals surface area contributed by atoms with Gasteiger partial charge in [0, 0.05) is 12.6 Å². The van der Waals surface area contributed by atoms with E-state index in [1.807, 2.05) is 6.07 Å². The van der Waals surface area contributed by atoms with Crippen LogP contribution in [0.2, 0.25) is 0 Å². The molecular weight excluding hydrogens is 360 g/mol. The largest absolute Gasteiger partial charge is 0.358 e. The lowest BCUT2D eigenvalue weighted by Crippen LogP contribution is -2.39. The molecule has 1 rings (SSSR count). The molecule has 3 amide bonds. The van der Waals surface area contributed by atoms with Crippen molar-refractivity contribution in [2.45, 2.75) is 27.2 Å². The van der Waals surface area contributed by atoms with E-state index in [0.29, 0.717) is 11.1 Å². The van der Waals surface area contributed by atoms with Crippen LogP contribution < -0.4 is 16.1 Å². The molecule has 8 heteroatoms. The van der Waals surface area contributed by atoms with Gasteiger partial charge in [0.1, 0.15) is 5.92 Å². The van der Waals surface area contributed by atoms with Crippen molar-refractivity contribution in [1.29, 1.82) is 5.26 Å². The number of hydrogen-bond acceptors (Lipinski definition) is 5. The van der Waals surface area contributed by atoms with Crippen molar-refractivity contribution in [3.63, 3.8) is 0 Å². The maximum Gasteiger partial charge on any atom is 0.245 e. The fraction of sp³-hybridized carbons (Fsp3) is 0.400. The van der Waals surface area contributed by atoms with E-state index in [1.165, 1.54) is 12.5 Å². The Kier molecular flexibility index (Phi) is 12.1. The van der Waals surface area contributed by atoms with Crippen LogP contribution in [-0.2, 0) is 14.4 Å². The molecule has 1 unspecified atom stereocenters. The standard InChI is InChI=1S/C16H16N4O4.C4H10/c1-18-15(22)10-19-16(23)13(8-14(21)20-24)7-6-11-2-4-12(9-17)5-3-11;1-4(2)3/h2-5,13,24H,8,10H2,1H3,(H,18,22)(H,19,23)(H,20,21);4H,1-3H3. The molecule has 0 saturated carbocycles. The summed E-state index contributed by atoms with van der Waals surface area (Å²) in [6.45, 7) is 6.26. The van der Waals surface area contributed by atoms with Gasteiger partial charge >= 0.3 is 0 Å². The molecule has 0 aliphatic heterocycles. The first-order chi connectivity index (χ1) is 13.2. The van der Waals surface area contributed by atoms with E-state index in [1.54, 1.807) is 24.3 Å². The van der Waals surface area contributed by atoms with Gasteiger partial charge < -0.3 is 10.6 Å². The van der Waals surface area contributed by atoms with Crippen LogP contribution in [0.1, 0.15) is 38.3 Å². The number of carbonyl (C=O) groups excluding carboxylic acids is 3. The summed E-state index contributed by atoms with van der Waals surface area (Å²) in [6, 6.07) is 8.34. The van der Waals surface area contributed by atoms with Gasteiger partial charge in [-0.15, -0.1) is 0 Å². The zero-order valence-corrected chi connectivity index (χ0v) is 16.5. The van der Waals surface area contributed by atoms with Crippen LogP contribution >= 0.6 is 0 Å². The molecule has 8 nitrogen and oxygen atoms in total. The van der Waals surface area contributed by atoms with E-state index in [9.17, 15) is 14.4 Å². The third kappa shape index (κ3) is 11.3. The minimum Gasteiger partial charge on any atom is -0.358 e. The lowest BCUT2D eigenvalue weighted by atomic mass is 10.0. The van der Waals surface area contributed by atoms with Gasteiger partial charge in [-0.2, -0.15) is 5.26 Å². The van der Waals surface area contributed by atoms with Crippen LogP contribution in [0.4, 0.5) is 0 Å². The number of amides is 3. The van der Waals surface area contributed by atoms with Gasteiger partial charge in [0.05, 0.1) is 24.6 Å². The van der Waals surface area contributed by atoms with Crippen LogP contribution in [-0.4, -0.2) is 36.5 Å². The van der Waals surface area contributed by atoms with Gasteiger partial charge in [0.25, 0.3) is 0 Å². The molecule has 0 spiro atoms. The Labute approximate surface area is 165 Å². The number of nitriles is 1. The number of likely N-dealkylation sites (N-methyl/N-ethyl adjacent to an activating group) is 1. The quantitative estimate of drug-likeness (QED) is 0.340. The summed E-state index contributed by atoms with van der Waals surface area (Å²) in [4.78, 5) is 34.5. The summed E-state index contributed by atoms with van der Waals surface area (Å²) in [5.74, 6) is 3.37. The lowest BCUT2D eigenvalue weighted by Gasteiger charge is -2.10. The summed E-state index contributed by atoms with van der Waals surface area (Å²) < 4.78 is 0. The van der Waals surface area contributed by atoms with E-state index < -0.39 is 23.6 Å². The lowest BCUT2D eigenvalue weighted by molar-refractivity contribution is -0.133. The van der Waals surface area contributed by atoms with Gasteiger partial charge in [-0.3, -0.25) is 19.6 Å². The number of carbonyl (C=O) groups is 3. The summed E-state index contributed by atoms with van der Waals surface area (Å²) in [7, 11) is 1.43. The maximum atomic E-state index is 12.0. The van der Waals surface area contributed by atoms with Crippen molar-refractivity contribution in [3.8, 4) is 17.9 Å². The van der Waals surface area contributed by atoms with Crippen LogP contribution in [0, 0.1) is 35.0 Å². The van der Waals surface area contributed by atoms with Crippen molar-refractivity contribution in [2.75, 3.05) is 13.6 Å². The zero-order valence-electron chi connectivity index (χ0n) is 16.5. The smallest absolute Gasteiger partial charge is 0.245 e. The Hall–Kier alpha value is -3.36. The highest BCUT2D eigenvalue weighted by Gasteiger charge is 2.20. The first-order valence-corrected chi connectivity index (χ1v) is 8.66. The molecule has 0 aliphatic rings. The van der Waals surface area contributed by atoms with Crippen molar-refractivity contribution >= 4 is 17.7 Å². The van der Waals surface area contributed by atoms with Gasteiger partial charge in [-0.25, -0.2) is 5.48 Å². The fourth-order valence-corrected chi connectivity index (χ4v) is 1.62. The van der Waals surface area contributed by atoms with E-state index >= 15 is 0 Å². The Bertz CT molecular complexity index is 752. The minimum atomic E-state index is -1.04. The molecule has 150 valence electrons. The van der Waals surface area contributed by atoms with Crippen LogP contribution in [0.3, 0.4) is 0 Å². The predicted octanol–water partition coefficient (Wildman–Crippen LogP) is 0.946. The van der Waals surface area contributed by atoms with Crippen LogP contribution in [0.5, 0.6) is 0 Å². The van der Waals surface area contributed by atoms with Crippen molar-refractivity contribution in [1.82, 2.24) is 16.1 Å². The number of hydrogen-bond donors (Lipinski definition) is 4. The Morgan fingerprint density at radius 1 is 1.07 bits per heavy atom. The van der Waals surface area contributed by atoms with Gasteiger partial charge in [-0.05, 0) is 30.2 Å². The van der Waals surface area contributed by atoms with Crippen molar-refractivity contribution in [2.24, 2.45) is 11.8 Å². The first-order valence-electron chi connectivity index (χ1n) is 8.66. The number of hydroxylamine groups is 1. The highest BCUT2D eigenvalue weighted by Crippen LogP contribution is 2.05. The number of nitrogens with zero attached hydrogens (tertiary/aromatic N) is 1. The SMILES string of the molecule is CC(C)C.CNC(=O)CNC(=O)C(C#Cc1ccc(C#N)cc1)CC(=O)NO. The molecule has 4 N–H and O–H groups in total. The van der Waals surface area contributed by atoms with E-state index in [-0.39, 0.29) is 13.0 Å². The van der Waals surface area contributed by atoms with E-state index in [2.05, 4.69) is 43.2 Å². The first kappa shape index (κ1) is 24.6. The number of nitrogens with one attached hydrogen (secondary N) is 3. The Morgan fingerprint density at radius 3 is 2.07 bits per heavy atom. The second-order valence-corrected chi connectivity index (χ2v) is 6.37. The highest BCUT2D eigenvalue weighted by molar-refractivity contribution is 5.90. The molecule has 0 fully saturated rings. The summed E-state index contributed by atoms with van der Waals surface area (Å²) in [5.41, 5.74) is 2.47. The third-order valence-electron chi connectivity index (χ3n) is 2.94. The minimum absolute atomic E-state index is 0.245. The Balaban J connectivity index is 0.00000165. The molecule has 0 aromatic heterocycles. The van der Waals surface area contributed by atoms with Crippen LogP contribution in [0.15, 0.2) is 24.3 Å². The second-order valence-electron chi connectivity index (χ2n) is 6.37. The molecule has 28 heavy (non-hydrogen) atoms. The maximum absolute atomic E-state index is 12.0. The average molecular weight is 386 g/mol. The van der Waals surface area contributed by atoms with Gasteiger partial charge in [0.2, 0.25) is 17.7 Å². The van der Waals surface area contributed by atoms with Gasteiger partial charge in [0.15, 0.2) is 0 Å². The second kappa shape index (κ2) is 13.8. The topological polar surface area (TPSA) is 131 Å². The third-order valence-corrected chi connectivity index (χ3v) is 2.94. The Morgan fingerprint density at radius 2 is 1.61 bits per heavy atom. The summed E-state index contributed by atoms with van der Waals surface area (Å²) >= 11 is 0. The summed E-state index contributed by atoms with van der Waals surface area (Å²) in [6.07, 6.45) is -0.362. The van der Waals surface area contributed by atoms with Crippen molar-refractivity contribution in [3.05, 3.63) is 35.4 Å². The molecule has 1 aromatic carbocycles. The normalized spacial score (nSPS) is 10.2. The molecule has 1 aromatic rings. The molecule has 0 heterocycles. The molecule has 0 saturated heterocycles. The zero-order chi connectivity index (χ0) is 21.5. The molecular formula is C20H26N4O4. The van der Waals surface area contributed by atoms with E-state index in [0.717, 1.165) is 5.92 Å². The monoisotopic (exact) mass is 386 g/mol. The highest BCUT2D eigenvalue weighted by atomic mass is 16.5. The molecule has 1 atom stereocenters. The predicted molar refractivity (Wildman–Crippen MR) is 104 cm³/mol. The summed E-state index contributed by atoms with van der Waals surface area (Å²) in [5, 5.41) is 22.0.